The summed E-state index contributed by atoms with van der Waals surface area (Å²) in [7, 11) is 1.63. The summed E-state index contributed by atoms with van der Waals surface area (Å²) in [6, 6.07) is 13.3. The summed E-state index contributed by atoms with van der Waals surface area (Å²) >= 11 is 0. The van der Waals surface area contributed by atoms with Gasteiger partial charge in [0.1, 0.15) is 11.4 Å². The SMILES string of the molecule is COc1ccc(CCC(=O)NC2N=C(c3ccccn3)NN2)cc1. The largest absolute Gasteiger partial charge is 0.497 e. The van der Waals surface area contributed by atoms with E-state index in [9.17, 15) is 4.79 Å². The van der Waals surface area contributed by atoms with Crippen LogP contribution >= 0.6 is 0 Å². The van der Waals surface area contributed by atoms with Gasteiger partial charge in [-0.15, -0.1) is 0 Å². The van der Waals surface area contributed by atoms with E-state index in [0.717, 1.165) is 17.0 Å². The molecule has 0 fully saturated rings. The smallest absolute Gasteiger partial charge is 0.223 e. The summed E-state index contributed by atoms with van der Waals surface area (Å²) in [5.74, 6) is 1.34. The van der Waals surface area contributed by atoms with E-state index in [1.165, 1.54) is 0 Å². The maximum absolute atomic E-state index is 12.1. The first kappa shape index (κ1) is 15.9. The molecular weight excluding hydrogens is 306 g/mol. The molecule has 7 heteroatoms. The Hall–Kier alpha value is -2.93. The van der Waals surface area contributed by atoms with Crippen molar-refractivity contribution in [1.82, 2.24) is 21.2 Å². The van der Waals surface area contributed by atoms with Crippen molar-refractivity contribution < 1.29 is 9.53 Å². The molecule has 2 heterocycles. The second kappa shape index (κ2) is 7.56. The van der Waals surface area contributed by atoms with Gasteiger partial charge >= 0.3 is 0 Å². The zero-order chi connectivity index (χ0) is 16.8. The number of benzene rings is 1. The monoisotopic (exact) mass is 325 g/mol. The van der Waals surface area contributed by atoms with Crippen molar-refractivity contribution in [3.05, 3.63) is 59.9 Å². The number of rotatable bonds is 6. The first-order valence-corrected chi connectivity index (χ1v) is 7.67. The third kappa shape index (κ3) is 4.08. The molecule has 124 valence electrons. The second-order valence-corrected chi connectivity index (χ2v) is 5.28. The highest BCUT2D eigenvalue weighted by atomic mass is 16.5. The van der Waals surface area contributed by atoms with Crippen molar-refractivity contribution in [3.63, 3.8) is 0 Å². The molecule has 1 atom stereocenters. The van der Waals surface area contributed by atoms with Crippen LogP contribution in [-0.4, -0.2) is 30.1 Å². The molecule has 3 N–H and O–H groups in total. The lowest BCUT2D eigenvalue weighted by Gasteiger charge is -2.10. The number of hydrazine groups is 1. The van der Waals surface area contributed by atoms with Crippen LogP contribution in [0, 0.1) is 0 Å². The van der Waals surface area contributed by atoms with Crippen molar-refractivity contribution in [2.45, 2.75) is 19.1 Å². The van der Waals surface area contributed by atoms with Crippen molar-refractivity contribution in [3.8, 4) is 5.75 Å². The summed E-state index contributed by atoms with van der Waals surface area (Å²) in [5.41, 5.74) is 7.64. The minimum Gasteiger partial charge on any atom is -0.497 e. The van der Waals surface area contributed by atoms with Crippen molar-refractivity contribution in [2.24, 2.45) is 4.99 Å². The first-order valence-electron chi connectivity index (χ1n) is 7.67. The van der Waals surface area contributed by atoms with Crippen LogP contribution in [0.25, 0.3) is 0 Å². The Morgan fingerprint density at radius 2 is 2.08 bits per heavy atom. The molecule has 0 aliphatic carbocycles. The highest BCUT2D eigenvalue weighted by molar-refractivity contribution is 5.97. The van der Waals surface area contributed by atoms with Gasteiger partial charge in [0.25, 0.3) is 0 Å². The van der Waals surface area contributed by atoms with E-state index in [-0.39, 0.29) is 5.91 Å². The predicted molar refractivity (Wildman–Crippen MR) is 90.3 cm³/mol. The van der Waals surface area contributed by atoms with E-state index in [4.69, 9.17) is 4.74 Å². The molecule has 1 aliphatic heterocycles. The van der Waals surface area contributed by atoms with Crippen LogP contribution in [-0.2, 0) is 11.2 Å². The van der Waals surface area contributed by atoms with E-state index < -0.39 is 6.29 Å². The Bertz CT molecular complexity index is 716. The Morgan fingerprint density at radius 3 is 2.79 bits per heavy atom. The maximum atomic E-state index is 12.1. The first-order chi connectivity index (χ1) is 11.7. The fourth-order valence-corrected chi connectivity index (χ4v) is 2.31. The van der Waals surface area contributed by atoms with Crippen LogP contribution in [0.2, 0.25) is 0 Å². The normalized spacial score (nSPS) is 16.2. The lowest BCUT2D eigenvalue weighted by molar-refractivity contribution is -0.121. The number of ether oxygens (including phenoxy) is 1. The number of methoxy groups -OCH3 is 1. The van der Waals surface area contributed by atoms with Gasteiger partial charge in [-0.3, -0.25) is 9.78 Å². The molecule has 0 saturated carbocycles. The third-order valence-corrected chi connectivity index (χ3v) is 3.59. The van der Waals surface area contributed by atoms with E-state index in [1.54, 1.807) is 13.3 Å². The van der Waals surface area contributed by atoms with Gasteiger partial charge in [-0.1, -0.05) is 18.2 Å². The number of nitrogens with one attached hydrogen (secondary N) is 3. The van der Waals surface area contributed by atoms with Gasteiger partial charge in [0.2, 0.25) is 5.91 Å². The molecule has 3 rings (SSSR count). The lowest BCUT2D eigenvalue weighted by atomic mass is 10.1. The van der Waals surface area contributed by atoms with Gasteiger partial charge in [0.15, 0.2) is 12.1 Å². The van der Waals surface area contributed by atoms with Crippen LogP contribution in [0.15, 0.2) is 53.7 Å². The fraction of sp³-hybridized carbons (Fsp3) is 0.235. The van der Waals surface area contributed by atoms with E-state index >= 15 is 0 Å². The minimum atomic E-state index is -0.495. The summed E-state index contributed by atoms with van der Waals surface area (Å²) in [5, 5.41) is 2.82. The Morgan fingerprint density at radius 1 is 1.25 bits per heavy atom. The molecule has 0 saturated heterocycles. The summed E-state index contributed by atoms with van der Waals surface area (Å²) in [6.07, 6.45) is 2.25. The Balaban J connectivity index is 1.49. The molecule has 24 heavy (non-hydrogen) atoms. The number of amidine groups is 1. The van der Waals surface area contributed by atoms with Gasteiger partial charge in [0.05, 0.1) is 7.11 Å². The number of carbonyl (C=O) groups excluding carboxylic acids is 1. The summed E-state index contributed by atoms with van der Waals surface area (Å²) in [6.45, 7) is 0. The Kier molecular flexibility index (Phi) is 5.02. The maximum Gasteiger partial charge on any atom is 0.223 e. The van der Waals surface area contributed by atoms with E-state index in [1.807, 2.05) is 42.5 Å². The molecule has 1 aromatic carbocycles. The lowest BCUT2D eigenvalue weighted by Crippen LogP contribution is -2.45. The van der Waals surface area contributed by atoms with Crippen LogP contribution in [0.1, 0.15) is 17.7 Å². The second-order valence-electron chi connectivity index (χ2n) is 5.28. The third-order valence-electron chi connectivity index (χ3n) is 3.59. The average Bonchev–Trinajstić information content (AvgIpc) is 3.09. The van der Waals surface area contributed by atoms with E-state index in [0.29, 0.717) is 18.7 Å². The van der Waals surface area contributed by atoms with Crippen LogP contribution in [0.4, 0.5) is 0 Å². The number of aromatic nitrogens is 1. The van der Waals surface area contributed by atoms with Crippen molar-refractivity contribution in [1.29, 1.82) is 0 Å². The Labute approximate surface area is 140 Å². The zero-order valence-electron chi connectivity index (χ0n) is 13.3. The van der Waals surface area contributed by atoms with Crippen molar-refractivity contribution in [2.75, 3.05) is 7.11 Å². The quantitative estimate of drug-likeness (QED) is 0.737. The standard InChI is InChI=1S/C17H19N5O2/c1-24-13-8-5-12(6-9-13)7-10-15(23)19-17-20-16(21-22-17)14-4-2-3-11-18-14/h2-6,8-9,11,17,22H,7,10H2,1H3,(H,19,23)(H,20,21). The number of nitrogens with zero attached hydrogens (tertiary/aromatic N) is 2. The summed E-state index contributed by atoms with van der Waals surface area (Å²) < 4.78 is 5.12. The molecule has 0 spiro atoms. The van der Waals surface area contributed by atoms with Gasteiger partial charge in [-0.05, 0) is 36.2 Å². The molecule has 0 bridgehead atoms. The average molecular weight is 325 g/mol. The number of aryl methyl sites for hydroxylation is 1. The fourth-order valence-electron chi connectivity index (χ4n) is 2.31. The molecule has 1 aliphatic rings. The van der Waals surface area contributed by atoms with Crippen LogP contribution in [0.3, 0.4) is 0 Å². The molecule has 7 nitrogen and oxygen atoms in total. The van der Waals surface area contributed by atoms with Crippen LogP contribution in [0.5, 0.6) is 5.75 Å². The summed E-state index contributed by atoms with van der Waals surface area (Å²) in [4.78, 5) is 20.6. The molecular formula is C17H19N5O2. The number of aliphatic imine (C=N–C) groups is 1. The zero-order valence-corrected chi connectivity index (χ0v) is 13.3. The van der Waals surface area contributed by atoms with Gasteiger partial charge in [-0.25, -0.2) is 4.99 Å². The molecule has 1 unspecified atom stereocenters. The number of hydrogen-bond donors (Lipinski definition) is 3. The number of pyridine rings is 1. The molecule has 1 aromatic heterocycles. The molecule has 2 aromatic rings. The minimum absolute atomic E-state index is 0.0730. The molecule has 0 radical (unpaired) electrons. The van der Waals surface area contributed by atoms with Gasteiger partial charge in [-0.2, -0.15) is 5.43 Å². The van der Waals surface area contributed by atoms with Crippen molar-refractivity contribution >= 4 is 11.7 Å². The van der Waals surface area contributed by atoms with Gasteiger partial charge in [0, 0.05) is 12.6 Å². The number of carbonyl (C=O) groups is 1. The number of amides is 1. The van der Waals surface area contributed by atoms with Crippen LogP contribution < -0.4 is 20.9 Å². The highest BCUT2D eigenvalue weighted by Crippen LogP contribution is 2.12. The highest BCUT2D eigenvalue weighted by Gasteiger charge is 2.19. The topological polar surface area (TPSA) is 87.6 Å². The predicted octanol–water partition coefficient (Wildman–Crippen LogP) is 0.977. The van der Waals surface area contributed by atoms with E-state index in [2.05, 4.69) is 26.1 Å². The number of hydrogen-bond acceptors (Lipinski definition) is 6. The van der Waals surface area contributed by atoms with Gasteiger partial charge < -0.3 is 15.5 Å². The molecule has 1 amide bonds.